The number of ether oxygens (including phenoxy) is 1. The van der Waals surface area contributed by atoms with E-state index in [1.54, 1.807) is 7.11 Å². The zero-order valence-electron chi connectivity index (χ0n) is 14.9. The number of hydrogen-bond acceptors (Lipinski definition) is 5. The Morgan fingerprint density at radius 2 is 1.86 bits per heavy atom. The Balaban J connectivity index is 2.71. The molecule has 0 bridgehead atoms. The van der Waals surface area contributed by atoms with Gasteiger partial charge in [0.15, 0.2) is 0 Å². The highest BCUT2D eigenvalue weighted by Gasteiger charge is 2.19. The number of aliphatic hydroxyl groups excluding tert-OH is 1. The standard InChI is InChI=1S/C17H31N3O2/c1-16(2,3)15-19-13(11-22-6)10-14(20-15)18-9-7-8-17(4,5)12-21/h10,21H,7-9,11-12H2,1-6H3,(H,18,19,20). The molecule has 0 radical (unpaired) electrons. The fourth-order valence-electron chi connectivity index (χ4n) is 2.01. The number of aliphatic hydroxyl groups is 1. The predicted octanol–water partition coefficient (Wildman–Crippen LogP) is 3.13. The molecule has 126 valence electrons. The maximum absolute atomic E-state index is 9.28. The van der Waals surface area contributed by atoms with Gasteiger partial charge in [0.25, 0.3) is 0 Å². The molecule has 22 heavy (non-hydrogen) atoms. The van der Waals surface area contributed by atoms with Gasteiger partial charge in [-0.3, -0.25) is 0 Å². The highest BCUT2D eigenvalue weighted by molar-refractivity contribution is 5.36. The minimum absolute atomic E-state index is 0.0227. The van der Waals surface area contributed by atoms with Crippen LogP contribution >= 0.6 is 0 Å². The third-order valence-corrected chi connectivity index (χ3v) is 3.51. The van der Waals surface area contributed by atoms with Gasteiger partial charge < -0.3 is 15.2 Å². The first-order chi connectivity index (χ1) is 10.2. The van der Waals surface area contributed by atoms with Gasteiger partial charge in [0.05, 0.1) is 12.3 Å². The van der Waals surface area contributed by atoms with Gasteiger partial charge in [-0.05, 0) is 18.3 Å². The molecule has 5 heteroatoms. The van der Waals surface area contributed by atoms with Crippen LogP contribution < -0.4 is 5.32 Å². The molecule has 0 saturated carbocycles. The van der Waals surface area contributed by atoms with E-state index in [9.17, 15) is 5.11 Å². The second-order valence-corrected chi connectivity index (χ2v) is 7.60. The molecule has 0 fully saturated rings. The van der Waals surface area contributed by atoms with Crippen LogP contribution in [0.25, 0.3) is 0 Å². The molecular weight excluding hydrogens is 278 g/mol. The summed E-state index contributed by atoms with van der Waals surface area (Å²) >= 11 is 0. The number of aromatic nitrogens is 2. The van der Waals surface area contributed by atoms with E-state index >= 15 is 0 Å². The van der Waals surface area contributed by atoms with Crippen LogP contribution in [0.3, 0.4) is 0 Å². The van der Waals surface area contributed by atoms with Crippen LogP contribution in [-0.2, 0) is 16.8 Å². The minimum atomic E-state index is -0.0982. The van der Waals surface area contributed by atoms with Crippen LogP contribution in [0.2, 0.25) is 0 Å². The van der Waals surface area contributed by atoms with Crippen molar-refractivity contribution in [3.05, 3.63) is 17.6 Å². The van der Waals surface area contributed by atoms with E-state index in [1.807, 2.05) is 6.07 Å². The minimum Gasteiger partial charge on any atom is -0.396 e. The Labute approximate surface area is 134 Å². The summed E-state index contributed by atoms with van der Waals surface area (Å²) in [5.41, 5.74) is 0.769. The summed E-state index contributed by atoms with van der Waals surface area (Å²) in [7, 11) is 1.67. The molecule has 0 aliphatic carbocycles. The summed E-state index contributed by atoms with van der Waals surface area (Å²) in [6, 6.07) is 1.94. The van der Waals surface area contributed by atoms with E-state index in [1.165, 1.54) is 0 Å². The molecule has 0 spiro atoms. The Bertz CT molecular complexity index is 467. The molecule has 1 rings (SSSR count). The van der Waals surface area contributed by atoms with Gasteiger partial charge in [0.1, 0.15) is 11.6 Å². The first-order valence-corrected chi connectivity index (χ1v) is 7.90. The normalized spacial score (nSPS) is 12.5. The lowest BCUT2D eigenvalue weighted by Gasteiger charge is -2.22. The lowest BCUT2D eigenvalue weighted by atomic mass is 9.89. The molecule has 0 amide bonds. The molecule has 2 N–H and O–H groups in total. The Kier molecular flexibility index (Phi) is 6.75. The number of anilines is 1. The van der Waals surface area contributed by atoms with E-state index in [0.717, 1.165) is 36.7 Å². The Hall–Kier alpha value is -1.20. The Morgan fingerprint density at radius 3 is 2.41 bits per heavy atom. The van der Waals surface area contributed by atoms with Crippen LogP contribution in [0, 0.1) is 5.41 Å². The Morgan fingerprint density at radius 1 is 1.18 bits per heavy atom. The zero-order valence-corrected chi connectivity index (χ0v) is 14.9. The van der Waals surface area contributed by atoms with E-state index in [2.05, 4.69) is 49.9 Å². The van der Waals surface area contributed by atoms with E-state index < -0.39 is 0 Å². The fourth-order valence-corrected chi connectivity index (χ4v) is 2.01. The molecule has 1 aromatic heterocycles. The van der Waals surface area contributed by atoms with Crippen molar-refractivity contribution in [2.45, 2.75) is 59.5 Å². The topological polar surface area (TPSA) is 67.3 Å². The summed E-state index contributed by atoms with van der Waals surface area (Å²) in [6.07, 6.45) is 1.96. The molecule has 0 aromatic carbocycles. The molecule has 1 aromatic rings. The lowest BCUT2D eigenvalue weighted by Crippen LogP contribution is -2.20. The summed E-state index contributed by atoms with van der Waals surface area (Å²) in [5, 5.41) is 12.6. The van der Waals surface area contributed by atoms with E-state index in [4.69, 9.17) is 4.74 Å². The van der Waals surface area contributed by atoms with Crippen LogP contribution in [0.15, 0.2) is 6.07 Å². The summed E-state index contributed by atoms with van der Waals surface area (Å²) in [4.78, 5) is 9.18. The average Bonchev–Trinajstić information content (AvgIpc) is 2.43. The van der Waals surface area contributed by atoms with Crippen molar-refractivity contribution < 1.29 is 9.84 Å². The number of hydrogen-bond donors (Lipinski definition) is 2. The van der Waals surface area contributed by atoms with Crippen molar-refractivity contribution in [1.82, 2.24) is 9.97 Å². The molecule has 0 atom stereocenters. The van der Waals surface area contributed by atoms with Crippen LogP contribution in [0.5, 0.6) is 0 Å². The van der Waals surface area contributed by atoms with Gasteiger partial charge in [-0.2, -0.15) is 0 Å². The van der Waals surface area contributed by atoms with Crippen molar-refractivity contribution in [2.24, 2.45) is 5.41 Å². The van der Waals surface area contributed by atoms with Crippen LogP contribution in [-0.4, -0.2) is 35.3 Å². The molecule has 5 nitrogen and oxygen atoms in total. The molecule has 0 saturated heterocycles. The summed E-state index contributed by atoms with van der Waals surface area (Å²) in [6.45, 7) is 12.0. The number of methoxy groups -OCH3 is 1. The fraction of sp³-hybridized carbons (Fsp3) is 0.765. The van der Waals surface area contributed by atoms with E-state index in [0.29, 0.717) is 6.61 Å². The molecule has 0 aliphatic rings. The van der Waals surface area contributed by atoms with Crippen LogP contribution in [0.4, 0.5) is 5.82 Å². The second kappa shape index (κ2) is 7.88. The van der Waals surface area contributed by atoms with Crippen LogP contribution in [0.1, 0.15) is 59.0 Å². The maximum Gasteiger partial charge on any atom is 0.136 e. The van der Waals surface area contributed by atoms with Crippen molar-refractivity contribution in [3.63, 3.8) is 0 Å². The SMILES string of the molecule is COCc1cc(NCCCC(C)(C)CO)nc(C(C)(C)C)n1. The zero-order chi connectivity index (χ0) is 16.8. The van der Waals surface area contributed by atoms with Gasteiger partial charge in [-0.1, -0.05) is 34.6 Å². The first-order valence-electron chi connectivity index (χ1n) is 7.90. The van der Waals surface area contributed by atoms with Crippen molar-refractivity contribution in [3.8, 4) is 0 Å². The van der Waals surface area contributed by atoms with Crippen molar-refractivity contribution in [1.29, 1.82) is 0 Å². The third-order valence-electron chi connectivity index (χ3n) is 3.51. The molecule has 1 heterocycles. The highest BCUT2D eigenvalue weighted by Crippen LogP contribution is 2.22. The largest absolute Gasteiger partial charge is 0.396 e. The second-order valence-electron chi connectivity index (χ2n) is 7.60. The smallest absolute Gasteiger partial charge is 0.136 e. The maximum atomic E-state index is 9.28. The quantitative estimate of drug-likeness (QED) is 0.722. The molecule has 0 aliphatic heterocycles. The van der Waals surface area contributed by atoms with E-state index in [-0.39, 0.29) is 17.4 Å². The first kappa shape index (κ1) is 18.8. The third kappa shape index (κ3) is 6.28. The average molecular weight is 309 g/mol. The van der Waals surface area contributed by atoms with Gasteiger partial charge in [0, 0.05) is 31.7 Å². The lowest BCUT2D eigenvalue weighted by molar-refractivity contribution is 0.149. The van der Waals surface area contributed by atoms with Gasteiger partial charge in [-0.25, -0.2) is 9.97 Å². The number of nitrogens with one attached hydrogen (secondary N) is 1. The highest BCUT2D eigenvalue weighted by atomic mass is 16.5. The summed E-state index contributed by atoms with van der Waals surface area (Å²) < 4.78 is 5.19. The predicted molar refractivity (Wildman–Crippen MR) is 90.0 cm³/mol. The van der Waals surface area contributed by atoms with Gasteiger partial charge in [0.2, 0.25) is 0 Å². The van der Waals surface area contributed by atoms with Gasteiger partial charge in [-0.15, -0.1) is 0 Å². The van der Waals surface area contributed by atoms with Gasteiger partial charge >= 0.3 is 0 Å². The molecule has 0 unspecified atom stereocenters. The molecular formula is C17H31N3O2. The van der Waals surface area contributed by atoms with Crippen molar-refractivity contribution in [2.75, 3.05) is 25.6 Å². The van der Waals surface area contributed by atoms with Crippen molar-refractivity contribution >= 4 is 5.82 Å². The summed E-state index contributed by atoms with van der Waals surface area (Å²) in [5.74, 6) is 1.66. The number of rotatable bonds is 8. The number of nitrogens with zero attached hydrogens (tertiary/aromatic N) is 2. The monoisotopic (exact) mass is 309 g/mol.